The Kier molecular flexibility index (Phi) is 4.64. The maximum absolute atomic E-state index is 12.3. The molecule has 0 saturated heterocycles. The fraction of sp³-hybridized carbons (Fsp3) is 0.0435. The maximum Gasteiger partial charge on any atom is 0.261 e. The van der Waals surface area contributed by atoms with Crippen LogP contribution in [0.2, 0.25) is 0 Å². The second-order valence-corrected chi connectivity index (χ2v) is 6.54. The topological polar surface area (TPSA) is 70.2 Å². The third kappa shape index (κ3) is 3.50. The lowest BCUT2D eigenvalue weighted by Crippen LogP contribution is -2.20. The Morgan fingerprint density at radius 2 is 1.54 bits per heavy atom. The number of imide groups is 1. The normalized spacial score (nSPS) is 12.3. The van der Waals surface area contributed by atoms with Gasteiger partial charge in [-0.1, -0.05) is 36.4 Å². The van der Waals surface area contributed by atoms with E-state index in [0.29, 0.717) is 16.8 Å². The molecule has 0 spiro atoms. The zero-order chi connectivity index (χ0) is 19.5. The van der Waals surface area contributed by atoms with Crippen LogP contribution in [0.4, 0.5) is 22.7 Å². The molecule has 0 bridgehead atoms. The van der Waals surface area contributed by atoms with Crippen LogP contribution < -0.4 is 16.0 Å². The number of benzene rings is 3. The minimum absolute atomic E-state index is 0.358. The summed E-state index contributed by atoms with van der Waals surface area (Å²) in [6, 6.07) is 21.1. The van der Waals surface area contributed by atoms with Crippen LogP contribution >= 0.6 is 0 Å². The summed E-state index contributed by atoms with van der Waals surface area (Å²) in [7, 11) is 0. The lowest BCUT2D eigenvalue weighted by molar-refractivity contribution is 0.0880. The first-order chi connectivity index (χ1) is 13.6. The Bertz CT molecular complexity index is 1060. The Balaban J connectivity index is 1.70. The number of para-hydroxylation sites is 1. The van der Waals surface area contributed by atoms with Crippen LogP contribution in [0.15, 0.2) is 79.4 Å². The Morgan fingerprint density at radius 1 is 0.821 bits per heavy atom. The molecular weight excluding hydrogens is 350 g/mol. The molecule has 5 nitrogen and oxygen atoms in total. The summed E-state index contributed by atoms with van der Waals surface area (Å²) in [5.74, 6) is -0.780. The monoisotopic (exact) mass is 369 g/mol. The molecule has 0 fully saturated rings. The first-order valence-electron chi connectivity index (χ1n) is 8.97. The first-order valence-corrected chi connectivity index (χ1v) is 8.97. The third-order valence-corrected chi connectivity index (χ3v) is 4.51. The second kappa shape index (κ2) is 7.40. The highest BCUT2D eigenvalue weighted by atomic mass is 16.2. The summed E-state index contributed by atoms with van der Waals surface area (Å²) in [6.07, 6.45) is 2.65. The predicted molar refractivity (Wildman–Crippen MR) is 112 cm³/mol. The molecule has 3 aromatic carbocycles. The van der Waals surface area contributed by atoms with Crippen LogP contribution in [0.5, 0.6) is 0 Å². The van der Waals surface area contributed by atoms with E-state index in [1.807, 2.05) is 66.7 Å². The van der Waals surface area contributed by atoms with Crippen molar-refractivity contribution in [3.8, 4) is 0 Å². The molecule has 0 radical (unpaired) electrons. The van der Waals surface area contributed by atoms with Gasteiger partial charge in [0.1, 0.15) is 0 Å². The molecule has 1 aliphatic heterocycles. The summed E-state index contributed by atoms with van der Waals surface area (Å²) in [4.78, 5) is 24.5. The van der Waals surface area contributed by atoms with Gasteiger partial charge in [0.25, 0.3) is 11.8 Å². The number of fused-ring (bicyclic) bond motifs is 1. The zero-order valence-corrected chi connectivity index (χ0v) is 15.2. The van der Waals surface area contributed by atoms with E-state index in [-0.39, 0.29) is 5.91 Å². The van der Waals surface area contributed by atoms with E-state index in [1.54, 1.807) is 6.07 Å². The van der Waals surface area contributed by atoms with E-state index in [0.717, 1.165) is 29.0 Å². The van der Waals surface area contributed by atoms with Crippen molar-refractivity contribution in [3.05, 3.63) is 96.1 Å². The molecule has 0 aromatic heterocycles. The van der Waals surface area contributed by atoms with Gasteiger partial charge >= 0.3 is 0 Å². The quantitative estimate of drug-likeness (QED) is 0.432. The lowest BCUT2D eigenvalue weighted by atomic mass is 10.0. The van der Waals surface area contributed by atoms with Crippen molar-refractivity contribution in [1.29, 1.82) is 0 Å². The van der Waals surface area contributed by atoms with Crippen molar-refractivity contribution in [2.75, 3.05) is 10.6 Å². The molecule has 4 rings (SSSR count). The molecule has 1 heterocycles. The van der Waals surface area contributed by atoms with Crippen molar-refractivity contribution in [2.45, 2.75) is 6.42 Å². The molecule has 3 N–H and O–H groups in total. The van der Waals surface area contributed by atoms with Crippen LogP contribution in [0.3, 0.4) is 0 Å². The molecule has 0 unspecified atom stereocenters. The van der Waals surface area contributed by atoms with E-state index in [9.17, 15) is 9.59 Å². The van der Waals surface area contributed by atoms with Crippen LogP contribution in [0.25, 0.3) is 0 Å². The lowest BCUT2D eigenvalue weighted by Gasteiger charge is -2.14. The van der Waals surface area contributed by atoms with E-state index in [4.69, 9.17) is 0 Å². The predicted octanol–water partition coefficient (Wildman–Crippen LogP) is 4.79. The van der Waals surface area contributed by atoms with Gasteiger partial charge < -0.3 is 10.6 Å². The number of allylic oxidation sites excluding steroid dienone is 1. The average molecular weight is 369 g/mol. The highest BCUT2D eigenvalue weighted by Crippen LogP contribution is 2.32. The number of amides is 2. The van der Waals surface area contributed by atoms with Crippen molar-refractivity contribution < 1.29 is 9.59 Å². The molecule has 2 amide bonds. The van der Waals surface area contributed by atoms with Crippen LogP contribution in [0.1, 0.15) is 26.3 Å². The largest absolute Gasteiger partial charge is 0.355 e. The SMILES string of the molecule is C=CCc1ccc(Nc2cc(Nc3ccccc3)cc3c2C(=O)NC3=O)cc1. The van der Waals surface area contributed by atoms with Gasteiger partial charge in [-0.15, -0.1) is 6.58 Å². The Labute approximate surface area is 163 Å². The summed E-state index contributed by atoms with van der Waals surface area (Å²) < 4.78 is 0. The number of anilines is 4. The fourth-order valence-corrected chi connectivity index (χ4v) is 3.20. The van der Waals surface area contributed by atoms with E-state index < -0.39 is 5.91 Å². The molecule has 0 saturated carbocycles. The van der Waals surface area contributed by atoms with Gasteiger partial charge in [-0.2, -0.15) is 0 Å². The van der Waals surface area contributed by atoms with Gasteiger partial charge in [0.2, 0.25) is 0 Å². The molecule has 3 aromatic rings. The van der Waals surface area contributed by atoms with Crippen molar-refractivity contribution >= 4 is 34.6 Å². The van der Waals surface area contributed by atoms with E-state index in [1.165, 1.54) is 0 Å². The van der Waals surface area contributed by atoms with Crippen LogP contribution in [-0.2, 0) is 6.42 Å². The molecule has 0 aliphatic carbocycles. The minimum atomic E-state index is -0.392. The smallest absolute Gasteiger partial charge is 0.261 e. The highest BCUT2D eigenvalue weighted by Gasteiger charge is 2.30. The number of rotatable bonds is 6. The summed E-state index contributed by atoms with van der Waals surface area (Å²) in [6.45, 7) is 3.75. The number of hydrogen-bond acceptors (Lipinski definition) is 4. The number of carbonyl (C=O) groups is 2. The van der Waals surface area contributed by atoms with Gasteiger partial charge in [0.05, 0.1) is 16.8 Å². The average Bonchev–Trinajstić information content (AvgIpc) is 2.98. The Hall–Kier alpha value is -3.86. The Morgan fingerprint density at radius 3 is 2.25 bits per heavy atom. The van der Waals surface area contributed by atoms with Gasteiger partial charge in [0, 0.05) is 17.1 Å². The second-order valence-electron chi connectivity index (χ2n) is 6.54. The van der Waals surface area contributed by atoms with Gasteiger partial charge in [-0.25, -0.2) is 0 Å². The number of nitrogens with one attached hydrogen (secondary N) is 3. The molecule has 0 atom stereocenters. The van der Waals surface area contributed by atoms with Crippen molar-refractivity contribution in [3.63, 3.8) is 0 Å². The zero-order valence-electron chi connectivity index (χ0n) is 15.2. The number of carbonyl (C=O) groups excluding carboxylic acids is 2. The molecular formula is C23H19N3O2. The molecule has 138 valence electrons. The molecule has 5 heteroatoms. The van der Waals surface area contributed by atoms with Crippen molar-refractivity contribution in [1.82, 2.24) is 5.32 Å². The summed E-state index contributed by atoms with van der Waals surface area (Å²) in [5, 5.41) is 8.92. The number of hydrogen-bond donors (Lipinski definition) is 3. The maximum atomic E-state index is 12.3. The van der Waals surface area contributed by atoms with Gasteiger partial charge in [0.15, 0.2) is 0 Å². The van der Waals surface area contributed by atoms with E-state index >= 15 is 0 Å². The standard InChI is InChI=1S/C23H19N3O2/c1-2-6-15-9-11-17(12-10-15)25-20-14-18(24-16-7-4-3-5-8-16)13-19-21(20)23(28)26-22(19)27/h2-5,7-14,24-25H,1,6H2,(H,26,27,28). The minimum Gasteiger partial charge on any atom is -0.355 e. The summed E-state index contributed by atoms with van der Waals surface area (Å²) >= 11 is 0. The van der Waals surface area contributed by atoms with Crippen molar-refractivity contribution in [2.24, 2.45) is 0 Å². The first kappa shape index (κ1) is 17.5. The van der Waals surface area contributed by atoms with Crippen LogP contribution in [-0.4, -0.2) is 11.8 Å². The van der Waals surface area contributed by atoms with Gasteiger partial charge in [-0.05, 0) is 48.4 Å². The highest BCUT2D eigenvalue weighted by molar-refractivity contribution is 6.24. The van der Waals surface area contributed by atoms with Gasteiger partial charge in [-0.3, -0.25) is 14.9 Å². The third-order valence-electron chi connectivity index (χ3n) is 4.51. The summed E-state index contributed by atoms with van der Waals surface area (Å²) in [5.41, 5.74) is 4.90. The molecule has 28 heavy (non-hydrogen) atoms. The van der Waals surface area contributed by atoms with Crippen LogP contribution in [0, 0.1) is 0 Å². The molecule has 1 aliphatic rings. The van der Waals surface area contributed by atoms with E-state index in [2.05, 4.69) is 22.5 Å². The fourth-order valence-electron chi connectivity index (χ4n) is 3.20.